The van der Waals surface area contributed by atoms with Gasteiger partial charge >= 0.3 is 12.3 Å². The van der Waals surface area contributed by atoms with Crippen molar-refractivity contribution < 1.29 is 27.5 Å². The molecule has 0 aliphatic rings. The second-order valence-corrected chi connectivity index (χ2v) is 4.63. The van der Waals surface area contributed by atoms with Crippen molar-refractivity contribution in [2.45, 2.75) is 45.5 Å². The van der Waals surface area contributed by atoms with Gasteiger partial charge in [0.1, 0.15) is 11.6 Å². The molecule has 100 valence electrons. The van der Waals surface area contributed by atoms with Crippen molar-refractivity contribution in [2.75, 3.05) is 7.05 Å². The average molecular weight is 255 g/mol. The number of ketones is 1. The van der Waals surface area contributed by atoms with Crippen LogP contribution >= 0.6 is 0 Å². The Labute approximate surface area is 97.7 Å². The first-order valence-electron chi connectivity index (χ1n) is 4.93. The molecule has 0 spiro atoms. The Morgan fingerprint density at radius 1 is 1.18 bits per heavy atom. The summed E-state index contributed by atoms with van der Waals surface area (Å²) in [7, 11) is 1.09. The molecule has 7 heteroatoms. The van der Waals surface area contributed by atoms with Crippen LogP contribution in [0.3, 0.4) is 0 Å². The van der Waals surface area contributed by atoms with E-state index in [4.69, 9.17) is 4.74 Å². The predicted molar refractivity (Wildman–Crippen MR) is 54.5 cm³/mol. The van der Waals surface area contributed by atoms with Crippen LogP contribution in [0.2, 0.25) is 0 Å². The fraction of sp³-hybridized carbons (Fsp3) is 0.800. The molecule has 0 aromatic heterocycles. The number of likely N-dealkylation sites (N-methyl/N-ethyl adjacent to an activating group) is 1. The van der Waals surface area contributed by atoms with E-state index in [-0.39, 0.29) is 0 Å². The van der Waals surface area contributed by atoms with Gasteiger partial charge in [0.05, 0.1) is 0 Å². The molecule has 0 aromatic carbocycles. The predicted octanol–water partition coefficient (Wildman–Crippen LogP) is 2.37. The minimum atomic E-state index is -4.96. The molecule has 0 aliphatic heterocycles. The minimum absolute atomic E-state index is 0.626. The Kier molecular flexibility index (Phi) is 4.56. The van der Waals surface area contributed by atoms with Gasteiger partial charge in [-0.2, -0.15) is 13.2 Å². The highest BCUT2D eigenvalue weighted by molar-refractivity contribution is 5.91. The third-order valence-corrected chi connectivity index (χ3v) is 1.92. The summed E-state index contributed by atoms with van der Waals surface area (Å²) in [4.78, 5) is 22.9. The number of carbonyl (C=O) groups excluding carboxylic acids is 2. The van der Waals surface area contributed by atoms with Crippen LogP contribution in [0, 0.1) is 0 Å². The molecular formula is C10H16F3NO3. The molecule has 0 radical (unpaired) electrons. The van der Waals surface area contributed by atoms with E-state index < -0.39 is 29.7 Å². The maximum atomic E-state index is 12.1. The topological polar surface area (TPSA) is 46.6 Å². The van der Waals surface area contributed by atoms with Crippen LogP contribution in [-0.2, 0) is 9.53 Å². The highest BCUT2D eigenvalue weighted by Crippen LogP contribution is 2.20. The van der Waals surface area contributed by atoms with Crippen molar-refractivity contribution >= 4 is 11.9 Å². The Bertz CT molecular complexity index is 307. The quantitative estimate of drug-likeness (QED) is 0.761. The fourth-order valence-corrected chi connectivity index (χ4v) is 0.905. The highest BCUT2D eigenvalue weighted by Gasteiger charge is 2.44. The standard InChI is InChI=1S/C10H16F3NO3/c1-6(7(15)10(11,12)13)14(5)8(16)17-9(2,3)4/h6H,1-5H3. The number of carbonyl (C=O) groups is 2. The molecule has 0 heterocycles. The summed E-state index contributed by atoms with van der Waals surface area (Å²) in [6.07, 6.45) is -5.93. The molecule has 0 saturated heterocycles. The largest absolute Gasteiger partial charge is 0.452 e. The molecule has 17 heavy (non-hydrogen) atoms. The molecule has 1 amide bonds. The van der Waals surface area contributed by atoms with Crippen LogP contribution in [0.1, 0.15) is 27.7 Å². The van der Waals surface area contributed by atoms with Crippen LogP contribution in [0.4, 0.5) is 18.0 Å². The van der Waals surface area contributed by atoms with E-state index in [1.165, 1.54) is 0 Å². The van der Waals surface area contributed by atoms with E-state index in [0.29, 0.717) is 4.90 Å². The summed E-state index contributed by atoms with van der Waals surface area (Å²) in [5.74, 6) is -1.98. The van der Waals surface area contributed by atoms with E-state index in [1.807, 2.05) is 0 Å². The Balaban J connectivity index is 4.67. The summed E-state index contributed by atoms with van der Waals surface area (Å²) < 4.78 is 41.2. The third kappa shape index (κ3) is 5.06. The van der Waals surface area contributed by atoms with Gasteiger partial charge in [-0.3, -0.25) is 4.79 Å². The third-order valence-electron chi connectivity index (χ3n) is 1.92. The van der Waals surface area contributed by atoms with E-state index >= 15 is 0 Å². The molecule has 1 unspecified atom stereocenters. The number of nitrogens with zero attached hydrogens (tertiary/aromatic N) is 1. The second kappa shape index (κ2) is 4.93. The maximum Gasteiger partial charge on any atom is 0.452 e. The monoisotopic (exact) mass is 255 g/mol. The lowest BCUT2D eigenvalue weighted by atomic mass is 10.2. The van der Waals surface area contributed by atoms with Gasteiger partial charge in [0.25, 0.3) is 5.78 Å². The average Bonchev–Trinajstić information content (AvgIpc) is 2.10. The number of hydrogen-bond acceptors (Lipinski definition) is 3. The molecule has 1 atom stereocenters. The molecule has 0 aliphatic carbocycles. The number of halogens is 3. The Morgan fingerprint density at radius 2 is 1.59 bits per heavy atom. The summed E-state index contributed by atoms with van der Waals surface area (Å²) in [6, 6.07) is -1.61. The van der Waals surface area contributed by atoms with Gasteiger partial charge in [-0.25, -0.2) is 4.79 Å². The van der Waals surface area contributed by atoms with E-state index in [1.54, 1.807) is 20.8 Å². The van der Waals surface area contributed by atoms with Gasteiger partial charge in [0.15, 0.2) is 0 Å². The number of hydrogen-bond donors (Lipinski definition) is 0. The van der Waals surface area contributed by atoms with Crippen LogP contribution < -0.4 is 0 Å². The Hall–Kier alpha value is -1.27. The van der Waals surface area contributed by atoms with Gasteiger partial charge in [-0.05, 0) is 27.7 Å². The number of amides is 1. The zero-order valence-corrected chi connectivity index (χ0v) is 10.4. The molecular weight excluding hydrogens is 239 g/mol. The number of Topliss-reactive ketones (excluding diaryl/α,β-unsaturated/α-hetero) is 1. The molecule has 0 saturated carbocycles. The van der Waals surface area contributed by atoms with Crippen molar-refractivity contribution in [3.63, 3.8) is 0 Å². The first-order chi connectivity index (χ1) is 7.36. The zero-order valence-electron chi connectivity index (χ0n) is 10.4. The summed E-state index contributed by atoms with van der Waals surface area (Å²) in [5, 5.41) is 0. The van der Waals surface area contributed by atoms with Gasteiger partial charge in [0.2, 0.25) is 0 Å². The fourth-order valence-electron chi connectivity index (χ4n) is 0.905. The molecule has 0 bridgehead atoms. The van der Waals surface area contributed by atoms with Crippen molar-refractivity contribution in [1.82, 2.24) is 4.90 Å². The van der Waals surface area contributed by atoms with Crippen molar-refractivity contribution in [3.05, 3.63) is 0 Å². The van der Waals surface area contributed by atoms with Gasteiger partial charge in [0, 0.05) is 7.05 Å². The smallest absolute Gasteiger partial charge is 0.444 e. The van der Waals surface area contributed by atoms with Crippen LogP contribution in [0.5, 0.6) is 0 Å². The lowest BCUT2D eigenvalue weighted by Crippen LogP contribution is -2.47. The second-order valence-electron chi connectivity index (χ2n) is 4.63. The number of alkyl halides is 3. The van der Waals surface area contributed by atoms with Crippen LogP contribution in [0.25, 0.3) is 0 Å². The molecule has 0 fully saturated rings. The van der Waals surface area contributed by atoms with Crippen LogP contribution in [0.15, 0.2) is 0 Å². The Morgan fingerprint density at radius 3 is 1.88 bits per heavy atom. The normalized spacial score (nSPS) is 14.1. The van der Waals surface area contributed by atoms with Gasteiger partial charge < -0.3 is 9.64 Å². The molecule has 4 nitrogen and oxygen atoms in total. The summed E-state index contributed by atoms with van der Waals surface area (Å²) in [6.45, 7) is 5.73. The van der Waals surface area contributed by atoms with Crippen molar-refractivity contribution in [1.29, 1.82) is 0 Å². The molecule has 0 rings (SSSR count). The van der Waals surface area contributed by atoms with E-state index in [9.17, 15) is 22.8 Å². The molecule has 0 N–H and O–H groups in total. The number of rotatable bonds is 2. The first-order valence-corrected chi connectivity index (χ1v) is 4.93. The summed E-state index contributed by atoms with van der Waals surface area (Å²) >= 11 is 0. The highest BCUT2D eigenvalue weighted by atomic mass is 19.4. The lowest BCUT2D eigenvalue weighted by Gasteiger charge is -2.28. The minimum Gasteiger partial charge on any atom is -0.444 e. The molecule has 0 aromatic rings. The van der Waals surface area contributed by atoms with Crippen molar-refractivity contribution in [2.24, 2.45) is 0 Å². The maximum absolute atomic E-state index is 12.1. The van der Waals surface area contributed by atoms with Crippen molar-refractivity contribution in [3.8, 4) is 0 Å². The summed E-state index contributed by atoms with van der Waals surface area (Å²) in [5.41, 5.74) is -0.827. The number of ether oxygens (including phenoxy) is 1. The lowest BCUT2D eigenvalue weighted by molar-refractivity contribution is -0.175. The SMILES string of the molecule is CC(C(=O)C(F)(F)F)N(C)C(=O)OC(C)(C)C. The van der Waals surface area contributed by atoms with Gasteiger partial charge in [-0.1, -0.05) is 0 Å². The van der Waals surface area contributed by atoms with E-state index in [0.717, 1.165) is 14.0 Å². The first kappa shape index (κ1) is 15.7. The van der Waals surface area contributed by atoms with E-state index in [2.05, 4.69) is 0 Å². The van der Waals surface area contributed by atoms with Gasteiger partial charge in [-0.15, -0.1) is 0 Å². The zero-order chi connectivity index (χ0) is 14.0. The van der Waals surface area contributed by atoms with Crippen LogP contribution in [-0.4, -0.2) is 41.6 Å².